The van der Waals surface area contributed by atoms with E-state index in [1.165, 1.54) is 6.08 Å². The van der Waals surface area contributed by atoms with Crippen LogP contribution in [0.3, 0.4) is 0 Å². The summed E-state index contributed by atoms with van der Waals surface area (Å²) in [4.78, 5) is 11.7. The van der Waals surface area contributed by atoms with Gasteiger partial charge in [0.1, 0.15) is 5.60 Å². The lowest BCUT2D eigenvalue weighted by Crippen LogP contribution is -2.38. The number of hydroxylamine groups is 2. The molecule has 0 radical (unpaired) electrons. The Balaban J connectivity index is 2.65. The van der Waals surface area contributed by atoms with E-state index >= 15 is 0 Å². The summed E-state index contributed by atoms with van der Waals surface area (Å²) in [5.41, 5.74) is -5.90. The molecule has 0 aromatic rings. The van der Waals surface area contributed by atoms with Crippen LogP contribution in [0.5, 0.6) is 0 Å². The van der Waals surface area contributed by atoms with E-state index in [4.69, 9.17) is 4.74 Å². The van der Waals surface area contributed by atoms with Crippen molar-refractivity contribution in [1.82, 2.24) is 5.06 Å². The van der Waals surface area contributed by atoms with Crippen molar-refractivity contribution in [3.05, 3.63) is 11.6 Å². The number of halogens is 3. The van der Waals surface area contributed by atoms with E-state index in [1.54, 1.807) is 20.8 Å². The number of carbonyl (C=O) groups is 1. The molecule has 0 unspecified atom stereocenters. The molecular formula is C11H16F3NO5S. The Hall–Kier alpha value is -1.13. The molecule has 0 N–H and O–H groups in total. The third kappa shape index (κ3) is 5.29. The molecule has 1 aliphatic rings. The van der Waals surface area contributed by atoms with Gasteiger partial charge in [0.25, 0.3) is 0 Å². The van der Waals surface area contributed by atoms with E-state index in [0.717, 1.165) is 0 Å². The van der Waals surface area contributed by atoms with E-state index < -0.39 is 27.2 Å². The molecule has 0 spiro atoms. The maximum atomic E-state index is 12.1. The molecular weight excluding hydrogens is 315 g/mol. The first-order valence-corrected chi connectivity index (χ1v) is 7.41. The van der Waals surface area contributed by atoms with E-state index in [9.17, 15) is 26.4 Å². The summed E-state index contributed by atoms with van der Waals surface area (Å²) in [6.45, 7) is 4.61. The Kier molecular flexibility index (Phi) is 5.06. The van der Waals surface area contributed by atoms with Gasteiger partial charge in [0.2, 0.25) is 0 Å². The minimum Gasteiger partial charge on any atom is -0.457 e. The topological polar surface area (TPSA) is 72.9 Å². The van der Waals surface area contributed by atoms with Crippen LogP contribution in [0.25, 0.3) is 0 Å². The number of carbonyl (C=O) groups excluding carboxylic acids is 1. The number of ether oxygens (including phenoxy) is 1. The molecule has 122 valence electrons. The number of hydrogen-bond acceptors (Lipinski definition) is 6. The van der Waals surface area contributed by atoms with Crippen molar-refractivity contribution < 1.29 is 35.4 Å². The van der Waals surface area contributed by atoms with E-state index in [-0.39, 0.29) is 25.1 Å². The van der Waals surface area contributed by atoms with Crippen molar-refractivity contribution in [2.24, 2.45) is 0 Å². The smallest absolute Gasteiger partial charge is 0.457 e. The van der Waals surface area contributed by atoms with Gasteiger partial charge < -0.3 is 4.74 Å². The molecule has 0 saturated heterocycles. The van der Waals surface area contributed by atoms with Gasteiger partial charge in [-0.05, 0) is 27.2 Å². The van der Waals surface area contributed by atoms with Crippen molar-refractivity contribution in [1.29, 1.82) is 0 Å². The lowest BCUT2D eigenvalue weighted by atomic mass is 10.1. The molecule has 0 saturated carbocycles. The Morgan fingerprint density at radius 1 is 1.29 bits per heavy atom. The summed E-state index contributed by atoms with van der Waals surface area (Å²) >= 11 is 0. The average molecular weight is 331 g/mol. The predicted octanol–water partition coefficient (Wildman–Crippen LogP) is 1.74. The summed E-state index contributed by atoms with van der Waals surface area (Å²) < 4.78 is 67.2. The van der Waals surface area contributed by atoms with Crippen LogP contribution in [-0.4, -0.2) is 43.6 Å². The van der Waals surface area contributed by atoms with Crippen molar-refractivity contribution in [3.63, 3.8) is 0 Å². The lowest BCUT2D eigenvalue weighted by molar-refractivity contribution is -0.150. The van der Waals surface area contributed by atoms with Crippen LogP contribution in [0.2, 0.25) is 0 Å². The van der Waals surface area contributed by atoms with Gasteiger partial charge in [-0.15, -0.1) is 0 Å². The van der Waals surface area contributed by atoms with Gasteiger partial charge in [0.15, 0.2) is 0 Å². The first kappa shape index (κ1) is 17.9. The molecule has 6 nitrogen and oxygen atoms in total. The van der Waals surface area contributed by atoms with Gasteiger partial charge in [0, 0.05) is 18.7 Å². The first-order valence-electron chi connectivity index (χ1n) is 6.00. The zero-order valence-electron chi connectivity index (χ0n) is 11.7. The Labute approximate surface area is 120 Å². The third-order valence-electron chi connectivity index (χ3n) is 2.32. The second-order valence-corrected chi connectivity index (χ2v) is 6.86. The normalized spacial score (nSPS) is 18.3. The number of hydrogen-bond donors (Lipinski definition) is 0. The number of nitrogens with zero attached hydrogens (tertiary/aromatic N) is 1. The number of alkyl halides is 3. The quantitative estimate of drug-likeness (QED) is 0.579. The summed E-state index contributed by atoms with van der Waals surface area (Å²) in [6, 6.07) is 0. The zero-order valence-corrected chi connectivity index (χ0v) is 12.5. The molecule has 0 fully saturated rings. The second kappa shape index (κ2) is 5.93. The highest BCUT2D eigenvalue weighted by molar-refractivity contribution is 7.87. The fourth-order valence-corrected chi connectivity index (χ4v) is 1.93. The van der Waals surface area contributed by atoms with Crippen molar-refractivity contribution in [2.45, 2.75) is 38.3 Å². The largest absolute Gasteiger partial charge is 0.524 e. The molecule has 1 rings (SSSR count). The van der Waals surface area contributed by atoms with Gasteiger partial charge in [-0.25, -0.2) is 4.79 Å². The molecule has 0 bridgehead atoms. The lowest BCUT2D eigenvalue weighted by Gasteiger charge is -2.26. The van der Waals surface area contributed by atoms with E-state index in [0.29, 0.717) is 5.06 Å². The highest BCUT2D eigenvalue weighted by atomic mass is 32.2. The van der Waals surface area contributed by atoms with Crippen LogP contribution in [0, 0.1) is 0 Å². The van der Waals surface area contributed by atoms with Gasteiger partial charge >= 0.3 is 21.6 Å². The number of rotatable bonds is 3. The highest BCUT2D eigenvalue weighted by Crippen LogP contribution is 2.26. The fraction of sp³-hybridized carbons (Fsp3) is 0.727. The molecule has 0 aromatic carbocycles. The van der Waals surface area contributed by atoms with Gasteiger partial charge in [0.05, 0.1) is 0 Å². The summed E-state index contributed by atoms with van der Waals surface area (Å²) in [5, 5.41) is 0.622. The highest BCUT2D eigenvalue weighted by Gasteiger charge is 2.49. The minimum atomic E-state index is -5.68. The SMILES string of the molecule is CC(C)(C)OC(=O)C1=CCN(OS(=O)(=O)C(F)(F)F)CC1. The van der Waals surface area contributed by atoms with E-state index in [1.807, 2.05) is 0 Å². The zero-order chi connectivity index (χ0) is 16.5. The van der Waals surface area contributed by atoms with Crippen LogP contribution < -0.4 is 0 Å². The Morgan fingerprint density at radius 2 is 1.86 bits per heavy atom. The third-order valence-corrected chi connectivity index (χ3v) is 3.29. The van der Waals surface area contributed by atoms with E-state index in [2.05, 4.69) is 4.28 Å². The minimum absolute atomic E-state index is 0.0301. The molecule has 1 heterocycles. The van der Waals surface area contributed by atoms with Gasteiger partial charge in [-0.2, -0.15) is 30.9 Å². The standard InChI is InChI=1S/C11H16F3NO5S/c1-10(2,3)19-9(16)8-4-6-15(7-5-8)20-21(17,18)11(12,13)14/h4H,5-7H2,1-3H3. The van der Waals surface area contributed by atoms with Crippen LogP contribution in [0.1, 0.15) is 27.2 Å². The molecule has 0 aliphatic carbocycles. The van der Waals surface area contributed by atoms with Gasteiger partial charge in [-0.1, -0.05) is 6.08 Å². The monoisotopic (exact) mass is 331 g/mol. The predicted molar refractivity (Wildman–Crippen MR) is 66.2 cm³/mol. The molecule has 0 amide bonds. The average Bonchev–Trinajstić information content (AvgIpc) is 2.25. The van der Waals surface area contributed by atoms with Crippen molar-refractivity contribution in [3.8, 4) is 0 Å². The Bertz CT molecular complexity index is 533. The molecule has 0 atom stereocenters. The maximum absolute atomic E-state index is 12.1. The molecule has 10 heteroatoms. The van der Waals surface area contributed by atoms with Crippen LogP contribution in [0.15, 0.2) is 11.6 Å². The summed E-state index contributed by atoms with van der Waals surface area (Å²) in [5.74, 6) is -0.583. The molecule has 21 heavy (non-hydrogen) atoms. The summed E-state index contributed by atoms with van der Waals surface area (Å²) in [7, 11) is -5.68. The second-order valence-electron chi connectivity index (χ2n) is 5.34. The van der Waals surface area contributed by atoms with Crippen LogP contribution >= 0.6 is 0 Å². The maximum Gasteiger partial charge on any atom is 0.524 e. The molecule has 1 aliphatic heterocycles. The number of esters is 1. The Morgan fingerprint density at radius 3 is 2.24 bits per heavy atom. The van der Waals surface area contributed by atoms with Crippen molar-refractivity contribution >= 4 is 16.1 Å². The first-order chi connectivity index (χ1) is 9.32. The van der Waals surface area contributed by atoms with Crippen LogP contribution in [-0.2, 0) is 23.9 Å². The van der Waals surface area contributed by atoms with Gasteiger partial charge in [-0.3, -0.25) is 0 Å². The fourth-order valence-electron chi connectivity index (χ4n) is 1.43. The van der Waals surface area contributed by atoms with Crippen LogP contribution in [0.4, 0.5) is 13.2 Å². The molecule has 0 aromatic heterocycles. The summed E-state index contributed by atoms with van der Waals surface area (Å²) in [6.07, 6.45) is 1.31. The van der Waals surface area contributed by atoms with Crippen molar-refractivity contribution in [2.75, 3.05) is 13.1 Å².